The minimum Gasteiger partial charge on any atom is -0.292 e. The summed E-state index contributed by atoms with van der Waals surface area (Å²) in [5, 5.41) is 0. The molecule has 1 heterocycles. The molecule has 1 aliphatic heterocycles. The molecule has 14 heavy (non-hydrogen) atoms. The van der Waals surface area contributed by atoms with Gasteiger partial charge in [0.25, 0.3) is 0 Å². The first-order valence-corrected chi connectivity index (χ1v) is 5.75. The SMILES string of the molecule is C[C@@H]1C[C@@]2(CCF)C[C@H]2N1C(C)(C)C. The van der Waals surface area contributed by atoms with Crippen LogP contribution in [0.4, 0.5) is 4.39 Å². The molecule has 1 aliphatic carbocycles. The first kappa shape index (κ1) is 10.4. The molecule has 0 amide bonds. The molecule has 0 aromatic heterocycles. The van der Waals surface area contributed by atoms with E-state index >= 15 is 0 Å². The summed E-state index contributed by atoms with van der Waals surface area (Å²) in [6, 6.07) is 1.31. The van der Waals surface area contributed by atoms with Gasteiger partial charge in [-0.15, -0.1) is 0 Å². The smallest absolute Gasteiger partial charge is 0.0900 e. The summed E-state index contributed by atoms with van der Waals surface area (Å²) in [5.41, 5.74) is 0.611. The average molecular weight is 199 g/mol. The van der Waals surface area contributed by atoms with E-state index in [1.54, 1.807) is 0 Å². The first-order valence-electron chi connectivity index (χ1n) is 5.75. The van der Waals surface area contributed by atoms with Crippen molar-refractivity contribution in [2.24, 2.45) is 5.41 Å². The molecule has 1 saturated heterocycles. The molecule has 3 atom stereocenters. The van der Waals surface area contributed by atoms with E-state index in [-0.39, 0.29) is 12.2 Å². The van der Waals surface area contributed by atoms with E-state index in [1.807, 2.05) is 0 Å². The maximum absolute atomic E-state index is 12.4. The van der Waals surface area contributed by atoms with Crippen LogP contribution in [0.2, 0.25) is 0 Å². The van der Waals surface area contributed by atoms with Crippen LogP contribution < -0.4 is 0 Å². The fourth-order valence-corrected chi connectivity index (χ4v) is 3.62. The Morgan fingerprint density at radius 2 is 2.00 bits per heavy atom. The Hall–Kier alpha value is -0.110. The van der Waals surface area contributed by atoms with Gasteiger partial charge in [0.1, 0.15) is 0 Å². The highest BCUT2D eigenvalue weighted by atomic mass is 19.1. The highest BCUT2D eigenvalue weighted by Crippen LogP contribution is 2.63. The van der Waals surface area contributed by atoms with E-state index in [4.69, 9.17) is 0 Å². The predicted molar refractivity (Wildman–Crippen MR) is 57.1 cm³/mol. The lowest BCUT2D eigenvalue weighted by Crippen LogP contribution is -2.45. The van der Waals surface area contributed by atoms with Crippen LogP contribution in [0.5, 0.6) is 0 Å². The highest BCUT2D eigenvalue weighted by molar-refractivity contribution is 5.17. The van der Waals surface area contributed by atoms with E-state index in [1.165, 1.54) is 12.8 Å². The fraction of sp³-hybridized carbons (Fsp3) is 1.00. The Bertz CT molecular complexity index is 233. The zero-order valence-electron chi connectivity index (χ0n) is 9.81. The van der Waals surface area contributed by atoms with E-state index in [0.29, 0.717) is 17.5 Å². The van der Waals surface area contributed by atoms with Crippen molar-refractivity contribution in [1.82, 2.24) is 4.90 Å². The number of fused-ring (bicyclic) bond motifs is 1. The van der Waals surface area contributed by atoms with Crippen LogP contribution in [0, 0.1) is 5.41 Å². The second kappa shape index (κ2) is 2.94. The number of hydrogen-bond acceptors (Lipinski definition) is 1. The Morgan fingerprint density at radius 3 is 2.43 bits per heavy atom. The fourth-order valence-electron chi connectivity index (χ4n) is 3.62. The molecular weight excluding hydrogens is 177 g/mol. The molecule has 0 bridgehead atoms. The number of hydrogen-bond donors (Lipinski definition) is 0. The topological polar surface area (TPSA) is 3.24 Å². The molecule has 0 unspecified atom stereocenters. The van der Waals surface area contributed by atoms with Gasteiger partial charge in [0.2, 0.25) is 0 Å². The van der Waals surface area contributed by atoms with E-state index < -0.39 is 0 Å². The van der Waals surface area contributed by atoms with Crippen molar-refractivity contribution in [2.45, 2.75) is 64.6 Å². The Kier molecular flexibility index (Phi) is 2.19. The number of piperidine rings is 1. The number of likely N-dealkylation sites (tertiary alicyclic amines) is 1. The second-order valence-electron chi connectivity index (χ2n) is 6.15. The predicted octanol–water partition coefficient (Wildman–Crippen LogP) is 3.00. The quantitative estimate of drug-likeness (QED) is 0.661. The van der Waals surface area contributed by atoms with Crippen LogP contribution in [0.25, 0.3) is 0 Å². The van der Waals surface area contributed by atoms with Crippen molar-refractivity contribution < 1.29 is 4.39 Å². The van der Waals surface area contributed by atoms with Crippen molar-refractivity contribution in [2.75, 3.05) is 6.67 Å². The largest absolute Gasteiger partial charge is 0.292 e. The second-order valence-corrected chi connectivity index (χ2v) is 6.15. The van der Waals surface area contributed by atoms with Gasteiger partial charge in [-0.05, 0) is 52.4 Å². The highest BCUT2D eigenvalue weighted by Gasteiger charge is 2.64. The van der Waals surface area contributed by atoms with Crippen molar-refractivity contribution in [3.05, 3.63) is 0 Å². The van der Waals surface area contributed by atoms with Gasteiger partial charge >= 0.3 is 0 Å². The molecule has 1 saturated carbocycles. The van der Waals surface area contributed by atoms with Crippen LogP contribution in [-0.2, 0) is 0 Å². The summed E-state index contributed by atoms with van der Waals surface area (Å²) < 4.78 is 12.4. The molecule has 0 aromatic carbocycles. The lowest BCUT2D eigenvalue weighted by molar-refractivity contribution is 0.104. The number of halogens is 1. The Balaban J connectivity index is 2.10. The maximum atomic E-state index is 12.4. The standard InChI is InChI=1S/C12H22FN/c1-9-7-12(5-6-13)8-10(12)14(9)11(2,3)4/h9-10H,5-8H2,1-4H3/t9-,10-,12+/m1/s1. The zero-order chi connectivity index (χ0) is 10.6. The maximum Gasteiger partial charge on any atom is 0.0900 e. The summed E-state index contributed by atoms with van der Waals surface area (Å²) in [6.07, 6.45) is 3.23. The molecular formula is C12H22FN. The van der Waals surface area contributed by atoms with Gasteiger partial charge in [-0.3, -0.25) is 9.29 Å². The van der Waals surface area contributed by atoms with E-state index in [2.05, 4.69) is 32.6 Å². The zero-order valence-corrected chi connectivity index (χ0v) is 9.81. The summed E-state index contributed by atoms with van der Waals surface area (Å²) in [5.74, 6) is 0. The first-order chi connectivity index (χ1) is 6.41. The van der Waals surface area contributed by atoms with E-state index in [9.17, 15) is 4.39 Å². The lowest BCUT2D eigenvalue weighted by atomic mass is 9.97. The minimum atomic E-state index is -0.138. The van der Waals surface area contributed by atoms with Crippen LogP contribution >= 0.6 is 0 Å². The van der Waals surface area contributed by atoms with Crippen LogP contribution in [0.15, 0.2) is 0 Å². The lowest BCUT2D eigenvalue weighted by Gasteiger charge is -2.37. The molecule has 2 heteroatoms. The molecule has 2 aliphatic rings. The molecule has 0 N–H and O–H groups in total. The molecule has 2 fully saturated rings. The molecule has 2 rings (SSSR count). The third-order valence-electron chi connectivity index (χ3n) is 4.03. The van der Waals surface area contributed by atoms with Gasteiger partial charge in [-0.25, -0.2) is 0 Å². The van der Waals surface area contributed by atoms with Gasteiger partial charge in [-0.1, -0.05) is 0 Å². The molecule has 1 nitrogen and oxygen atoms in total. The Labute approximate surface area is 86.7 Å². The molecule has 82 valence electrons. The molecule has 0 aromatic rings. The van der Waals surface area contributed by atoms with Crippen molar-refractivity contribution in [1.29, 1.82) is 0 Å². The third-order valence-corrected chi connectivity index (χ3v) is 4.03. The van der Waals surface area contributed by atoms with E-state index in [0.717, 1.165) is 6.42 Å². The van der Waals surface area contributed by atoms with Gasteiger partial charge in [0, 0.05) is 17.6 Å². The van der Waals surface area contributed by atoms with Crippen molar-refractivity contribution in [3.8, 4) is 0 Å². The molecule has 0 radical (unpaired) electrons. The van der Waals surface area contributed by atoms with Crippen molar-refractivity contribution >= 4 is 0 Å². The monoisotopic (exact) mass is 199 g/mol. The van der Waals surface area contributed by atoms with Crippen LogP contribution in [0.1, 0.15) is 47.0 Å². The molecule has 0 spiro atoms. The Morgan fingerprint density at radius 1 is 1.36 bits per heavy atom. The van der Waals surface area contributed by atoms with Gasteiger partial charge in [0.05, 0.1) is 6.67 Å². The summed E-state index contributed by atoms with van der Waals surface area (Å²) in [4.78, 5) is 2.60. The number of alkyl halides is 1. The van der Waals surface area contributed by atoms with Crippen LogP contribution in [0.3, 0.4) is 0 Å². The summed E-state index contributed by atoms with van der Waals surface area (Å²) in [7, 11) is 0. The number of rotatable bonds is 2. The number of nitrogens with zero attached hydrogens (tertiary/aromatic N) is 1. The van der Waals surface area contributed by atoms with Crippen LogP contribution in [-0.4, -0.2) is 29.2 Å². The van der Waals surface area contributed by atoms with Gasteiger partial charge in [-0.2, -0.15) is 0 Å². The van der Waals surface area contributed by atoms with Gasteiger partial charge < -0.3 is 0 Å². The normalized spacial score (nSPS) is 42.6. The summed E-state index contributed by atoms with van der Waals surface area (Å²) >= 11 is 0. The average Bonchev–Trinajstić information content (AvgIpc) is 2.53. The third kappa shape index (κ3) is 1.39. The van der Waals surface area contributed by atoms with Crippen molar-refractivity contribution in [3.63, 3.8) is 0 Å². The van der Waals surface area contributed by atoms with Gasteiger partial charge in [0.15, 0.2) is 0 Å². The minimum absolute atomic E-state index is 0.138. The summed E-state index contributed by atoms with van der Waals surface area (Å²) in [6.45, 7) is 8.96.